The van der Waals surface area contributed by atoms with E-state index in [1.54, 1.807) is 0 Å². The van der Waals surface area contributed by atoms with Crippen LogP contribution in [0.1, 0.15) is 37.9 Å². The van der Waals surface area contributed by atoms with Gasteiger partial charge in [0.05, 0.1) is 5.69 Å². The molecule has 0 amide bonds. The highest BCUT2D eigenvalue weighted by atomic mass is 35.5. The Labute approximate surface area is 132 Å². The lowest BCUT2D eigenvalue weighted by Gasteiger charge is -2.11. The van der Waals surface area contributed by atoms with Crippen LogP contribution < -0.4 is 5.32 Å². The Hall–Kier alpha value is -1.32. The van der Waals surface area contributed by atoms with Crippen molar-refractivity contribution in [3.8, 4) is 11.1 Å². The van der Waals surface area contributed by atoms with Gasteiger partial charge in [-0.25, -0.2) is 0 Å². The zero-order chi connectivity index (χ0) is 15.2. The van der Waals surface area contributed by atoms with Crippen LogP contribution in [0.2, 0.25) is 5.02 Å². The van der Waals surface area contributed by atoms with E-state index in [1.165, 1.54) is 16.7 Å². The van der Waals surface area contributed by atoms with E-state index in [0.29, 0.717) is 0 Å². The summed E-state index contributed by atoms with van der Waals surface area (Å²) in [7, 11) is 1.97. The number of aryl methyl sites for hydroxylation is 2. The molecule has 0 aliphatic heterocycles. The molecule has 0 aliphatic rings. The van der Waals surface area contributed by atoms with E-state index in [0.717, 1.165) is 43.1 Å². The molecule has 1 heterocycles. The maximum absolute atomic E-state index is 6.22. The fourth-order valence-corrected chi connectivity index (χ4v) is 2.71. The first-order chi connectivity index (χ1) is 10.2. The Morgan fingerprint density at radius 1 is 1.19 bits per heavy atom. The number of rotatable bonds is 7. The molecule has 0 fully saturated rings. The van der Waals surface area contributed by atoms with Crippen LogP contribution >= 0.6 is 11.6 Å². The predicted octanol–water partition coefficient (Wildman–Crippen LogP) is 4.19. The maximum Gasteiger partial charge on any atom is 0.0702 e. The van der Waals surface area contributed by atoms with Crippen molar-refractivity contribution < 1.29 is 0 Å². The topological polar surface area (TPSA) is 29.9 Å². The van der Waals surface area contributed by atoms with Crippen LogP contribution in [0.4, 0.5) is 0 Å². The molecule has 1 aromatic carbocycles. The Kier molecular flexibility index (Phi) is 5.83. The van der Waals surface area contributed by atoms with Gasteiger partial charge in [-0.3, -0.25) is 4.68 Å². The number of benzene rings is 1. The molecule has 3 nitrogen and oxygen atoms in total. The van der Waals surface area contributed by atoms with Crippen molar-refractivity contribution in [2.24, 2.45) is 7.05 Å². The van der Waals surface area contributed by atoms with Gasteiger partial charge in [0.15, 0.2) is 0 Å². The van der Waals surface area contributed by atoms with Crippen LogP contribution in [0.5, 0.6) is 0 Å². The molecule has 0 unspecified atom stereocenters. The summed E-state index contributed by atoms with van der Waals surface area (Å²) in [6, 6.07) is 6.13. The molecular formula is C17H24ClN3. The molecule has 2 rings (SSSR count). The minimum Gasteiger partial charge on any atom is -0.313 e. The highest BCUT2D eigenvalue weighted by molar-refractivity contribution is 6.30. The third-order valence-electron chi connectivity index (χ3n) is 3.50. The van der Waals surface area contributed by atoms with Crippen LogP contribution in [0.15, 0.2) is 24.4 Å². The Morgan fingerprint density at radius 2 is 2.00 bits per heavy atom. The summed E-state index contributed by atoms with van der Waals surface area (Å²) in [4.78, 5) is 0. The van der Waals surface area contributed by atoms with E-state index in [2.05, 4.69) is 42.6 Å². The normalized spacial score (nSPS) is 11.0. The summed E-state index contributed by atoms with van der Waals surface area (Å²) in [6.07, 6.45) is 5.31. The first-order valence-electron chi connectivity index (χ1n) is 7.67. The summed E-state index contributed by atoms with van der Waals surface area (Å²) >= 11 is 6.22. The fraction of sp³-hybridized carbons (Fsp3) is 0.471. The Bertz CT molecular complexity index is 590. The van der Waals surface area contributed by atoms with Crippen LogP contribution in [-0.2, 0) is 20.0 Å². The van der Waals surface area contributed by atoms with Gasteiger partial charge < -0.3 is 5.32 Å². The zero-order valence-corrected chi connectivity index (χ0v) is 13.9. The molecule has 1 N–H and O–H groups in total. The highest BCUT2D eigenvalue weighted by Gasteiger charge is 2.13. The van der Waals surface area contributed by atoms with Gasteiger partial charge in [-0.15, -0.1) is 0 Å². The number of hydrogen-bond donors (Lipinski definition) is 1. The van der Waals surface area contributed by atoms with E-state index >= 15 is 0 Å². The summed E-state index contributed by atoms with van der Waals surface area (Å²) in [6.45, 7) is 6.24. The minimum absolute atomic E-state index is 0.774. The molecule has 0 atom stereocenters. The summed E-state index contributed by atoms with van der Waals surface area (Å²) in [5.41, 5.74) is 4.83. The first kappa shape index (κ1) is 16.1. The minimum atomic E-state index is 0.774. The fourth-order valence-electron chi connectivity index (χ4n) is 2.53. The SMILES string of the molecule is CCCNCc1ccc(Cl)cc1-c1cn(C)nc1CCC. The second-order valence-electron chi connectivity index (χ2n) is 5.39. The van der Waals surface area contributed by atoms with Crippen molar-refractivity contribution >= 4 is 11.6 Å². The third-order valence-corrected chi connectivity index (χ3v) is 3.73. The largest absolute Gasteiger partial charge is 0.313 e. The predicted molar refractivity (Wildman–Crippen MR) is 89.6 cm³/mol. The molecule has 0 saturated carbocycles. The first-order valence-corrected chi connectivity index (χ1v) is 8.05. The van der Waals surface area contributed by atoms with Gasteiger partial charge in [-0.05, 0) is 42.6 Å². The molecule has 2 aromatic rings. The summed E-state index contributed by atoms with van der Waals surface area (Å²) < 4.78 is 1.89. The molecule has 0 saturated heterocycles. The van der Waals surface area contributed by atoms with E-state index in [-0.39, 0.29) is 0 Å². The van der Waals surface area contributed by atoms with Crippen LogP contribution in [0, 0.1) is 0 Å². The van der Waals surface area contributed by atoms with Gasteiger partial charge in [0, 0.05) is 30.4 Å². The Morgan fingerprint density at radius 3 is 2.71 bits per heavy atom. The molecule has 0 spiro atoms. The Balaban J connectivity index is 2.39. The van der Waals surface area contributed by atoms with E-state index in [1.807, 2.05) is 17.8 Å². The molecule has 21 heavy (non-hydrogen) atoms. The number of nitrogens with one attached hydrogen (secondary N) is 1. The van der Waals surface area contributed by atoms with E-state index < -0.39 is 0 Å². The van der Waals surface area contributed by atoms with Crippen LogP contribution in [0.25, 0.3) is 11.1 Å². The quantitative estimate of drug-likeness (QED) is 0.777. The maximum atomic E-state index is 6.22. The van der Waals surface area contributed by atoms with Crippen molar-refractivity contribution in [1.29, 1.82) is 0 Å². The van der Waals surface area contributed by atoms with E-state index in [9.17, 15) is 0 Å². The zero-order valence-electron chi connectivity index (χ0n) is 13.1. The van der Waals surface area contributed by atoms with Crippen molar-refractivity contribution in [2.45, 2.75) is 39.7 Å². The standard InChI is InChI=1S/C17H24ClN3/c1-4-6-17-16(12-21(3)20-17)15-10-14(18)8-7-13(15)11-19-9-5-2/h7-8,10,12,19H,4-6,9,11H2,1-3H3. The number of nitrogens with zero attached hydrogens (tertiary/aromatic N) is 2. The van der Waals surface area contributed by atoms with Gasteiger partial charge >= 0.3 is 0 Å². The van der Waals surface area contributed by atoms with Crippen molar-refractivity contribution in [3.05, 3.63) is 40.7 Å². The second kappa shape index (κ2) is 7.62. The number of aromatic nitrogens is 2. The van der Waals surface area contributed by atoms with Gasteiger partial charge in [0.2, 0.25) is 0 Å². The van der Waals surface area contributed by atoms with Gasteiger partial charge in [-0.1, -0.05) is 37.9 Å². The molecule has 1 aromatic heterocycles. The second-order valence-corrected chi connectivity index (χ2v) is 5.83. The lowest BCUT2D eigenvalue weighted by molar-refractivity contribution is 0.676. The molecular weight excluding hydrogens is 282 g/mol. The van der Waals surface area contributed by atoms with Crippen molar-refractivity contribution in [2.75, 3.05) is 6.54 Å². The third kappa shape index (κ3) is 4.08. The average molecular weight is 306 g/mol. The number of halogens is 1. The molecule has 0 aliphatic carbocycles. The lowest BCUT2D eigenvalue weighted by atomic mass is 9.98. The summed E-state index contributed by atoms with van der Waals surface area (Å²) in [5.74, 6) is 0. The smallest absolute Gasteiger partial charge is 0.0702 e. The molecule has 0 radical (unpaired) electrons. The van der Waals surface area contributed by atoms with Gasteiger partial charge in [-0.2, -0.15) is 5.10 Å². The lowest BCUT2D eigenvalue weighted by Crippen LogP contribution is -2.14. The monoisotopic (exact) mass is 305 g/mol. The highest BCUT2D eigenvalue weighted by Crippen LogP contribution is 2.30. The van der Waals surface area contributed by atoms with Crippen LogP contribution in [-0.4, -0.2) is 16.3 Å². The molecule has 114 valence electrons. The molecule has 0 bridgehead atoms. The van der Waals surface area contributed by atoms with Crippen LogP contribution in [0.3, 0.4) is 0 Å². The average Bonchev–Trinajstić information content (AvgIpc) is 2.82. The summed E-state index contributed by atoms with van der Waals surface area (Å²) in [5, 5.41) is 8.84. The van der Waals surface area contributed by atoms with Crippen molar-refractivity contribution in [3.63, 3.8) is 0 Å². The van der Waals surface area contributed by atoms with Gasteiger partial charge in [0.1, 0.15) is 0 Å². The number of hydrogen-bond acceptors (Lipinski definition) is 2. The van der Waals surface area contributed by atoms with Crippen molar-refractivity contribution in [1.82, 2.24) is 15.1 Å². The van der Waals surface area contributed by atoms with E-state index in [4.69, 9.17) is 11.6 Å². The van der Waals surface area contributed by atoms with Gasteiger partial charge in [0.25, 0.3) is 0 Å². The molecule has 4 heteroatoms.